The van der Waals surface area contributed by atoms with E-state index in [4.69, 9.17) is 4.74 Å². The second-order valence-corrected chi connectivity index (χ2v) is 6.32. The summed E-state index contributed by atoms with van der Waals surface area (Å²) in [6.45, 7) is 12.8. The molecule has 1 aromatic heterocycles. The number of methoxy groups -OCH3 is 1. The largest absolute Gasteiger partial charge is 0.373 e. The van der Waals surface area contributed by atoms with Crippen LogP contribution in [0.15, 0.2) is 0 Å². The van der Waals surface area contributed by atoms with E-state index < -0.39 is 0 Å². The van der Waals surface area contributed by atoms with Gasteiger partial charge in [-0.25, -0.2) is 9.97 Å². The Morgan fingerprint density at radius 3 is 2.11 bits per heavy atom. The van der Waals surface area contributed by atoms with E-state index in [-0.39, 0.29) is 11.5 Å². The third-order valence-corrected chi connectivity index (χ3v) is 3.22. The monoisotopic (exact) mass is 265 g/mol. The summed E-state index contributed by atoms with van der Waals surface area (Å²) in [5.41, 5.74) is 2.16. The molecule has 1 rings (SSSR count). The first-order valence-electron chi connectivity index (χ1n) is 6.81. The van der Waals surface area contributed by atoms with Crippen molar-refractivity contribution in [3.05, 3.63) is 17.1 Å². The molecule has 0 aromatic carbocycles. The quantitative estimate of drug-likeness (QED) is 0.902. The smallest absolute Gasteiger partial charge is 0.160 e. The number of nitrogens with zero attached hydrogens (tertiary/aromatic N) is 2. The molecule has 0 radical (unpaired) electrons. The molecule has 0 saturated carbocycles. The summed E-state index contributed by atoms with van der Waals surface area (Å²) in [7, 11) is 3.61. The van der Waals surface area contributed by atoms with Gasteiger partial charge >= 0.3 is 0 Å². The fourth-order valence-electron chi connectivity index (χ4n) is 2.45. The van der Waals surface area contributed by atoms with Gasteiger partial charge in [0.1, 0.15) is 11.9 Å². The third kappa shape index (κ3) is 3.44. The molecule has 1 heterocycles. The minimum atomic E-state index is -0.112. The van der Waals surface area contributed by atoms with Crippen molar-refractivity contribution in [2.45, 2.75) is 53.6 Å². The maximum absolute atomic E-state index is 5.60. The van der Waals surface area contributed by atoms with E-state index in [9.17, 15) is 0 Å². The lowest BCUT2D eigenvalue weighted by Crippen LogP contribution is -2.23. The van der Waals surface area contributed by atoms with E-state index in [1.807, 2.05) is 14.0 Å². The van der Waals surface area contributed by atoms with E-state index in [0.717, 1.165) is 17.3 Å². The summed E-state index contributed by atoms with van der Waals surface area (Å²) >= 11 is 0. The molecule has 0 spiro atoms. The number of hydrogen-bond acceptors (Lipinski definition) is 4. The first-order valence-corrected chi connectivity index (χ1v) is 6.81. The molecule has 0 fully saturated rings. The Hall–Kier alpha value is -1.16. The van der Waals surface area contributed by atoms with Crippen LogP contribution >= 0.6 is 0 Å². The Labute approximate surface area is 117 Å². The molecule has 19 heavy (non-hydrogen) atoms. The highest BCUT2D eigenvalue weighted by Crippen LogP contribution is 2.35. The van der Waals surface area contributed by atoms with Crippen molar-refractivity contribution in [3.8, 4) is 0 Å². The summed E-state index contributed by atoms with van der Waals surface area (Å²) in [5.74, 6) is 2.05. The molecule has 1 aromatic rings. The van der Waals surface area contributed by atoms with E-state index in [0.29, 0.717) is 5.92 Å². The SMILES string of the molecule is CNc1nc(C(OC)C(C)(C)C)nc(C)c1C(C)C. The van der Waals surface area contributed by atoms with Crippen LogP contribution in [0.25, 0.3) is 0 Å². The van der Waals surface area contributed by atoms with Crippen molar-refractivity contribution in [1.29, 1.82) is 0 Å². The van der Waals surface area contributed by atoms with Gasteiger partial charge in [0, 0.05) is 25.4 Å². The fraction of sp³-hybridized carbons (Fsp3) is 0.733. The predicted molar refractivity (Wildman–Crippen MR) is 79.6 cm³/mol. The molecule has 0 bridgehead atoms. The lowest BCUT2D eigenvalue weighted by Gasteiger charge is -2.29. The van der Waals surface area contributed by atoms with Gasteiger partial charge in [-0.2, -0.15) is 0 Å². The molecule has 4 nitrogen and oxygen atoms in total. The van der Waals surface area contributed by atoms with Gasteiger partial charge in [0.25, 0.3) is 0 Å². The standard InChI is InChI=1S/C15H27N3O/c1-9(2)11-10(3)17-14(18-13(11)16-7)12(19-8)15(4,5)6/h9,12H,1-8H3,(H,16,17,18). The van der Waals surface area contributed by atoms with Crippen molar-refractivity contribution < 1.29 is 4.74 Å². The van der Waals surface area contributed by atoms with E-state index in [1.54, 1.807) is 7.11 Å². The lowest BCUT2D eigenvalue weighted by atomic mass is 9.88. The van der Waals surface area contributed by atoms with Gasteiger partial charge in [-0.1, -0.05) is 34.6 Å². The normalized spacial score (nSPS) is 13.7. The van der Waals surface area contributed by atoms with Gasteiger partial charge in [-0.05, 0) is 18.3 Å². The van der Waals surface area contributed by atoms with Crippen LogP contribution in [0.5, 0.6) is 0 Å². The van der Waals surface area contributed by atoms with Crippen molar-refractivity contribution in [2.24, 2.45) is 5.41 Å². The van der Waals surface area contributed by atoms with Gasteiger partial charge in [-0.3, -0.25) is 0 Å². The van der Waals surface area contributed by atoms with E-state index >= 15 is 0 Å². The number of aromatic nitrogens is 2. The highest BCUT2D eigenvalue weighted by molar-refractivity contribution is 5.48. The van der Waals surface area contributed by atoms with E-state index in [1.165, 1.54) is 5.56 Å². The zero-order chi connectivity index (χ0) is 14.8. The Balaban J connectivity index is 3.36. The molecule has 1 unspecified atom stereocenters. The Morgan fingerprint density at radius 1 is 1.16 bits per heavy atom. The molecule has 0 saturated heterocycles. The Morgan fingerprint density at radius 2 is 1.74 bits per heavy atom. The number of ether oxygens (including phenoxy) is 1. The van der Waals surface area contributed by atoms with Crippen LogP contribution in [0, 0.1) is 12.3 Å². The van der Waals surface area contributed by atoms with Crippen LogP contribution < -0.4 is 5.32 Å². The van der Waals surface area contributed by atoms with Crippen molar-refractivity contribution in [3.63, 3.8) is 0 Å². The maximum atomic E-state index is 5.60. The van der Waals surface area contributed by atoms with Crippen LogP contribution in [0.3, 0.4) is 0 Å². The molecular weight excluding hydrogens is 238 g/mol. The summed E-state index contributed by atoms with van der Waals surface area (Å²) < 4.78 is 5.60. The molecule has 0 amide bonds. The molecule has 4 heteroatoms. The minimum Gasteiger partial charge on any atom is -0.373 e. The van der Waals surface area contributed by atoms with Crippen molar-refractivity contribution in [2.75, 3.05) is 19.5 Å². The maximum Gasteiger partial charge on any atom is 0.160 e. The second-order valence-electron chi connectivity index (χ2n) is 6.32. The zero-order valence-corrected chi connectivity index (χ0v) is 13.5. The minimum absolute atomic E-state index is 0.0362. The summed E-state index contributed by atoms with van der Waals surface area (Å²) in [4.78, 5) is 9.33. The van der Waals surface area contributed by atoms with Gasteiger partial charge in [0.05, 0.1) is 0 Å². The average Bonchev–Trinajstić information content (AvgIpc) is 2.26. The van der Waals surface area contributed by atoms with Crippen LogP contribution in [0.1, 0.15) is 63.7 Å². The van der Waals surface area contributed by atoms with Crippen LogP contribution in [0.2, 0.25) is 0 Å². The second kappa shape index (κ2) is 5.87. The van der Waals surface area contributed by atoms with Crippen molar-refractivity contribution >= 4 is 5.82 Å². The van der Waals surface area contributed by atoms with Crippen LogP contribution in [-0.4, -0.2) is 24.1 Å². The molecular formula is C15H27N3O. The predicted octanol–water partition coefficient (Wildman–Crippen LogP) is 3.68. The summed E-state index contributed by atoms with van der Waals surface area (Å²) in [5, 5.41) is 3.18. The fourth-order valence-corrected chi connectivity index (χ4v) is 2.45. The molecule has 0 aliphatic carbocycles. The molecule has 0 aliphatic rings. The van der Waals surface area contributed by atoms with Gasteiger partial charge < -0.3 is 10.1 Å². The molecule has 0 aliphatic heterocycles. The number of nitrogens with one attached hydrogen (secondary N) is 1. The first kappa shape index (κ1) is 15.9. The Bertz CT molecular complexity index is 436. The molecule has 1 N–H and O–H groups in total. The van der Waals surface area contributed by atoms with Gasteiger partial charge in [0.2, 0.25) is 0 Å². The summed E-state index contributed by atoms with van der Waals surface area (Å²) in [6, 6.07) is 0. The number of rotatable bonds is 4. The van der Waals surface area contributed by atoms with Gasteiger partial charge in [0.15, 0.2) is 5.82 Å². The number of aryl methyl sites for hydroxylation is 1. The zero-order valence-electron chi connectivity index (χ0n) is 13.5. The lowest BCUT2D eigenvalue weighted by molar-refractivity contribution is 0.00861. The topological polar surface area (TPSA) is 47.0 Å². The average molecular weight is 265 g/mol. The van der Waals surface area contributed by atoms with Crippen molar-refractivity contribution in [1.82, 2.24) is 9.97 Å². The van der Waals surface area contributed by atoms with Gasteiger partial charge in [-0.15, -0.1) is 0 Å². The number of anilines is 1. The molecule has 108 valence electrons. The summed E-state index contributed by atoms with van der Waals surface area (Å²) in [6.07, 6.45) is -0.112. The highest BCUT2D eigenvalue weighted by Gasteiger charge is 2.30. The molecule has 1 atom stereocenters. The first-order chi connectivity index (χ1) is 8.72. The Kier molecular flexibility index (Phi) is 4.91. The number of hydrogen-bond donors (Lipinski definition) is 1. The van der Waals surface area contributed by atoms with E-state index in [2.05, 4.69) is 49.9 Å². The third-order valence-electron chi connectivity index (χ3n) is 3.22. The van der Waals surface area contributed by atoms with Crippen LogP contribution in [0.4, 0.5) is 5.82 Å². The van der Waals surface area contributed by atoms with Crippen LogP contribution in [-0.2, 0) is 4.74 Å². The highest BCUT2D eigenvalue weighted by atomic mass is 16.5.